The number of hydrogen-bond acceptors (Lipinski definition) is 5. The van der Waals surface area contributed by atoms with E-state index in [4.69, 9.17) is 10.00 Å². The summed E-state index contributed by atoms with van der Waals surface area (Å²) in [6.45, 7) is 4.06. The number of hydrogen-bond donors (Lipinski definition) is 2. The summed E-state index contributed by atoms with van der Waals surface area (Å²) in [7, 11) is 0. The van der Waals surface area contributed by atoms with Crippen molar-refractivity contribution in [3.8, 4) is 6.07 Å². The van der Waals surface area contributed by atoms with E-state index in [0.717, 1.165) is 5.56 Å². The molecule has 0 saturated carbocycles. The molecule has 102 valence electrons. The van der Waals surface area contributed by atoms with Gasteiger partial charge in [0.15, 0.2) is 0 Å². The van der Waals surface area contributed by atoms with Crippen molar-refractivity contribution in [1.82, 2.24) is 0 Å². The molecule has 0 heterocycles. The fourth-order valence-corrected chi connectivity index (χ4v) is 1.68. The van der Waals surface area contributed by atoms with Gasteiger partial charge in [-0.3, -0.25) is 4.79 Å². The number of nitrogens with zero attached hydrogens (tertiary/aromatic N) is 1. The molecule has 0 aliphatic heterocycles. The molecule has 1 aromatic rings. The Morgan fingerprint density at radius 1 is 1.58 bits per heavy atom. The average Bonchev–Trinajstić information content (AvgIpc) is 2.36. The zero-order valence-electron chi connectivity index (χ0n) is 11.1. The lowest BCUT2D eigenvalue weighted by Gasteiger charge is -2.13. The maximum atomic E-state index is 11.2. The molecule has 19 heavy (non-hydrogen) atoms. The first-order valence-electron chi connectivity index (χ1n) is 6.15. The number of benzene rings is 1. The Hall–Kier alpha value is -2.06. The molecule has 0 fully saturated rings. The Morgan fingerprint density at radius 2 is 2.32 bits per heavy atom. The highest BCUT2D eigenvalue weighted by atomic mass is 16.5. The topological polar surface area (TPSA) is 82.3 Å². The summed E-state index contributed by atoms with van der Waals surface area (Å²) in [4.78, 5) is 11.2. The van der Waals surface area contributed by atoms with Gasteiger partial charge in [-0.05, 0) is 25.5 Å². The second kappa shape index (κ2) is 7.39. The molecule has 0 aliphatic carbocycles. The highest BCUT2D eigenvalue weighted by Crippen LogP contribution is 2.18. The molecule has 0 saturated heterocycles. The number of nitriles is 1. The summed E-state index contributed by atoms with van der Waals surface area (Å²) in [5.74, 6) is -0.429. The van der Waals surface area contributed by atoms with Crippen LogP contribution in [0, 0.1) is 18.3 Å². The third kappa shape index (κ3) is 4.60. The Balaban J connectivity index is 2.56. The number of rotatable bonds is 6. The van der Waals surface area contributed by atoms with Gasteiger partial charge in [-0.25, -0.2) is 0 Å². The zero-order valence-corrected chi connectivity index (χ0v) is 11.1. The molecular weight excluding hydrogens is 244 g/mol. The van der Waals surface area contributed by atoms with Crippen LogP contribution in [0.15, 0.2) is 18.2 Å². The summed E-state index contributed by atoms with van der Waals surface area (Å²) in [6, 6.07) is 7.56. The van der Waals surface area contributed by atoms with Crippen LogP contribution in [-0.2, 0) is 9.53 Å². The first kappa shape index (κ1) is 15.0. The Labute approximate surface area is 112 Å². The first-order chi connectivity index (χ1) is 9.08. The Kier molecular flexibility index (Phi) is 5.83. The van der Waals surface area contributed by atoms with Crippen LogP contribution in [0.2, 0.25) is 0 Å². The van der Waals surface area contributed by atoms with Crippen molar-refractivity contribution < 1.29 is 14.6 Å². The minimum Gasteiger partial charge on any atom is -0.466 e. The van der Waals surface area contributed by atoms with Crippen LogP contribution in [-0.4, -0.2) is 30.3 Å². The molecule has 1 atom stereocenters. The number of nitrogens with one attached hydrogen (secondary N) is 1. The Bertz CT molecular complexity index is 480. The Morgan fingerprint density at radius 3 is 2.95 bits per heavy atom. The number of aliphatic hydroxyl groups excluding tert-OH is 1. The zero-order chi connectivity index (χ0) is 14.3. The van der Waals surface area contributed by atoms with Crippen LogP contribution in [0.5, 0.6) is 0 Å². The molecule has 5 nitrogen and oxygen atoms in total. The second-order valence-electron chi connectivity index (χ2n) is 4.15. The van der Waals surface area contributed by atoms with Gasteiger partial charge in [0.2, 0.25) is 0 Å². The SMILES string of the molecule is CCOC(=O)CC(O)CNc1cccc(C)c1C#N. The number of esters is 1. The van der Waals surface area contributed by atoms with E-state index in [1.54, 1.807) is 13.0 Å². The molecular formula is C14H18N2O3. The quantitative estimate of drug-likeness (QED) is 0.761. The third-order valence-electron chi connectivity index (χ3n) is 2.62. The number of aryl methyl sites for hydroxylation is 1. The van der Waals surface area contributed by atoms with Crippen molar-refractivity contribution in [2.24, 2.45) is 0 Å². The van der Waals surface area contributed by atoms with Crippen LogP contribution in [0.4, 0.5) is 5.69 Å². The monoisotopic (exact) mass is 262 g/mol. The van der Waals surface area contributed by atoms with Crippen LogP contribution in [0.3, 0.4) is 0 Å². The van der Waals surface area contributed by atoms with Gasteiger partial charge in [0.05, 0.1) is 30.4 Å². The molecule has 0 aromatic heterocycles. The van der Waals surface area contributed by atoms with Gasteiger partial charge in [-0.1, -0.05) is 12.1 Å². The van der Waals surface area contributed by atoms with Gasteiger partial charge >= 0.3 is 5.97 Å². The maximum Gasteiger partial charge on any atom is 0.308 e. The lowest BCUT2D eigenvalue weighted by atomic mass is 10.1. The summed E-state index contributed by atoms with van der Waals surface area (Å²) in [5, 5.41) is 21.7. The van der Waals surface area contributed by atoms with Crippen molar-refractivity contribution in [3.05, 3.63) is 29.3 Å². The fourth-order valence-electron chi connectivity index (χ4n) is 1.68. The molecule has 0 amide bonds. The first-order valence-corrected chi connectivity index (χ1v) is 6.15. The van der Waals surface area contributed by atoms with E-state index in [1.165, 1.54) is 0 Å². The molecule has 0 spiro atoms. The molecule has 0 aliphatic rings. The normalized spacial score (nSPS) is 11.5. The van der Waals surface area contributed by atoms with Crippen LogP contribution in [0.1, 0.15) is 24.5 Å². The number of ether oxygens (including phenoxy) is 1. The number of carbonyl (C=O) groups excluding carboxylic acids is 1. The van der Waals surface area contributed by atoms with Gasteiger partial charge in [-0.2, -0.15) is 5.26 Å². The molecule has 1 aromatic carbocycles. The van der Waals surface area contributed by atoms with Gasteiger partial charge < -0.3 is 15.2 Å². The lowest BCUT2D eigenvalue weighted by molar-refractivity contribution is -0.145. The standard InChI is InChI=1S/C14H18N2O3/c1-3-19-14(18)7-11(17)9-16-13-6-4-5-10(2)12(13)8-15/h4-6,11,16-17H,3,7,9H2,1-2H3. The van der Waals surface area contributed by atoms with E-state index in [-0.39, 0.29) is 13.0 Å². The smallest absolute Gasteiger partial charge is 0.308 e. The third-order valence-corrected chi connectivity index (χ3v) is 2.62. The molecule has 0 bridgehead atoms. The van der Waals surface area contributed by atoms with E-state index < -0.39 is 12.1 Å². The molecule has 0 radical (unpaired) electrons. The molecule has 1 rings (SSSR count). The van der Waals surface area contributed by atoms with Gasteiger partial charge in [0, 0.05) is 6.54 Å². The van der Waals surface area contributed by atoms with Crippen LogP contribution < -0.4 is 5.32 Å². The molecule has 2 N–H and O–H groups in total. The minimum absolute atomic E-state index is 0.0610. The van der Waals surface area contributed by atoms with E-state index in [9.17, 15) is 9.90 Å². The highest BCUT2D eigenvalue weighted by Gasteiger charge is 2.12. The van der Waals surface area contributed by atoms with Crippen LogP contribution in [0.25, 0.3) is 0 Å². The van der Waals surface area contributed by atoms with Crippen molar-refractivity contribution in [2.45, 2.75) is 26.4 Å². The number of anilines is 1. The predicted octanol–water partition coefficient (Wildman–Crippen LogP) is 1.59. The maximum absolute atomic E-state index is 11.2. The summed E-state index contributed by atoms with van der Waals surface area (Å²) in [5.41, 5.74) is 2.07. The predicted molar refractivity (Wildman–Crippen MR) is 71.6 cm³/mol. The van der Waals surface area contributed by atoms with Gasteiger partial charge in [0.25, 0.3) is 0 Å². The highest BCUT2D eigenvalue weighted by molar-refractivity contribution is 5.70. The van der Waals surface area contributed by atoms with E-state index in [0.29, 0.717) is 17.9 Å². The lowest BCUT2D eigenvalue weighted by Crippen LogP contribution is -2.24. The van der Waals surface area contributed by atoms with Gasteiger partial charge in [-0.15, -0.1) is 0 Å². The van der Waals surface area contributed by atoms with Crippen molar-refractivity contribution >= 4 is 11.7 Å². The van der Waals surface area contributed by atoms with Gasteiger partial charge in [0.1, 0.15) is 6.07 Å². The number of carbonyl (C=O) groups is 1. The fraction of sp³-hybridized carbons (Fsp3) is 0.429. The van der Waals surface area contributed by atoms with Crippen molar-refractivity contribution in [1.29, 1.82) is 5.26 Å². The number of aliphatic hydroxyl groups is 1. The van der Waals surface area contributed by atoms with Crippen molar-refractivity contribution in [2.75, 3.05) is 18.5 Å². The summed E-state index contributed by atoms with van der Waals surface area (Å²) in [6.07, 6.45) is -0.903. The van der Waals surface area contributed by atoms with E-state index >= 15 is 0 Å². The van der Waals surface area contributed by atoms with Crippen LogP contribution >= 0.6 is 0 Å². The van der Waals surface area contributed by atoms with E-state index in [1.807, 2.05) is 19.1 Å². The average molecular weight is 262 g/mol. The molecule has 5 heteroatoms. The van der Waals surface area contributed by atoms with Crippen molar-refractivity contribution in [3.63, 3.8) is 0 Å². The van der Waals surface area contributed by atoms with E-state index in [2.05, 4.69) is 11.4 Å². The minimum atomic E-state index is -0.842. The summed E-state index contributed by atoms with van der Waals surface area (Å²) < 4.78 is 4.75. The molecule has 1 unspecified atom stereocenters. The second-order valence-corrected chi connectivity index (χ2v) is 4.15. The summed E-state index contributed by atoms with van der Waals surface area (Å²) >= 11 is 0. The largest absolute Gasteiger partial charge is 0.466 e.